The summed E-state index contributed by atoms with van der Waals surface area (Å²) >= 11 is 6.88. The molecule has 0 unspecified atom stereocenters. The third-order valence-electron chi connectivity index (χ3n) is 2.36. The molecule has 2 aromatic rings. The van der Waals surface area contributed by atoms with Gasteiger partial charge in [-0.1, -0.05) is 0 Å². The fourth-order valence-electron chi connectivity index (χ4n) is 1.41. The second kappa shape index (κ2) is 5.18. The maximum Gasteiger partial charge on any atom is 0.133 e. The maximum atomic E-state index is 5.98. The van der Waals surface area contributed by atoms with E-state index in [2.05, 4.69) is 51.6 Å². The summed E-state index contributed by atoms with van der Waals surface area (Å²) in [4.78, 5) is 5.87. The molecule has 0 aliphatic carbocycles. The molecule has 0 aliphatic heterocycles. The summed E-state index contributed by atoms with van der Waals surface area (Å²) in [7, 11) is 0. The van der Waals surface area contributed by atoms with Crippen molar-refractivity contribution in [3.63, 3.8) is 0 Å². The fourth-order valence-corrected chi connectivity index (χ4v) is 3.77. The van der Waals surface area contributed by atoms with Crippen LogP contribution in [-0.4, -0.2) is 10.5 Å². The molecule has 92 valence electrons. The predicted molar refractivity (Wildman–Crippen MR) is 79.7 cm³/mol. The molecule has 2 aromatic heterocycles. The van der Waals surface area contributed by atoms with Crippen molar-refractivity contribution < 1.29 is 0 Å². The summed E-state index contributed by atoms with van der Waals surface area (Å²) in [5.74, 6) is 0. The number of nitrogens with zero attached hydrogens (tertiary/aromatic N) is 1. The third-order valence-corrected chi connectivity index (χ3v) is 5.11. The van der Waals surface area contributed by atoms with E-state index in [4.69, 9.17) is 5.73 Å². The Morgan fingerprint density at radius 3 is 2.71 bits per heavy atom. The van der Waals surface area contributed by atoms with Gasteiger partial charge < -0.3 is 5.73 Å². The Labute approximate surface area is 118 Å². The molecule has 2 heterocycles. The van der Waals surface area contributed by atoms with E-state index >= 15 is 0 Å². The largest absolute Gasteiger partial charge is 0.326 e. The number of hydrogen-bond donors (Lipinski definition) is 1. The normalized spacial score (nSPS) is 12.0. The van der Waals surface area contributed by atoms with Crippen LogP contribution >= 0.6 is 38.6 Å². The number of thiazole rings is 1. The van der Waals surface area contributed by atoms with E-state index in [0.717, 1.165) is 28.0 Å². The van der Waals surface area contributed by atoms with Gasteiger partial charge in [-0.3, -0.25) is 0 Å². The van der Waals surface area contributed by atoms with Crippen LogP contribution in [0.15, 0.2) is 21.3 Å². The SMILES string of the molecule is CC(C)(N)CCc1csc(-c2cc(Br)cs2)n1. The molecular weight excluding hydrogens is 316 g/mol. The highest BCUT2D eigenvalue weighted by molar-refractivity contribution is 9.10. The Morgan fingerprint density at radius 2 is 2.12 bits per heavy atom. The lowest BCUT2D eigenvalue weighted by atomic mass is 9.99. The maximum absolute atomic E-state index is 5.98. The molecule has 2 nitrogen and oxygen atoms in total. The molecule has 0 radical (unpaired) electrons. The van der Waals surface area contributed by atoms with Crippen LogP contribution in [-0.2, 0) is 6.42 Å². The van der Waals surface area contributed by atoms with Gasteiger partial charge >= 0.3 is 0 Å². The van der Waals surface area contributed by atoms with Crippen LogP contribution in [0.5, 0.6) is 0 Å². The lowest BCUT2D eigenvalue weighted by Gasteiger charge is -2.16. The summed E-state index contributed by atoms with van der Waals surface area (Å²) in [5, 5.41) is 5.32. The number of halogens is 1. The first-order valence-electron chi connectivity index (χ1n) is 5.42. The minimum Gasteiger partial charge on any atom is -0.326 e. The standard InChI is InChI=1S/C12H15BrN2S2/c1-12(2,14)4-3-9-7-17-11(15-9)10-5-8(13)6-16-10/h5-7H,3-4,14H2,1-2H3. The molecule has 0 aromatic carbocycles. The van der Waals surface area contributed by atoms with Gasteiger partial charge in [0.2, 0.25) is 0 Å². The van der Waals surface area contributed by atoms with Crippen LogP contribution in [0.2, 0.25) is 0 Å². The zero-order chi connectivity index (χ0) is 12.5. The Balaban J connectivity index is 2.06. The molecular formula is C12H15BrN2S2. The molecule has 0 atom stereocenters. The van der Waals surface area contributed by atoms with Gasteiger partial charge in [0.1, 0.15) is 5.01 Å². The van der Waals surface area contributed by atoms with E-state index < -0.39 is 0 Å². The molecule has 0 saturated carbocycles. The molecule has 17 heavy (non-hydrogen) atoms. The molecule has 0 saturated heterocycles. The van der Waals surface area contributed by atoms with Crippen LogP contribution in [0.4, 0.5) is 0 Å². The first kappa shape index (κ1) is 13.2. The molecule has 0 fully saturated rings. The molecule has 0 spiro atoms. The Hall–Kier alpha value is -0.230. The lowest BCUT2D eigenvalue weighted by Crippen LogP contribution is -2.32. The van der Waals surface area contributed by atoms with Gasteiger partial charge in [0.05, 0.1) is 10.6 Å². The first-order valence-corrected chi connectivity index (χ1v) is 7.97. The van der Waals surface area contributed by atoms with E-state index in [1.54, 1.807) is 22.7 Å². The van der Waals surface area contributed by atoms with Crippen molar-refractivity contribution in [2.24, 2.45) is 5.73 Å². The fraction of sp³-hybridized carbons (Fsp3) is 0.417. The molecule has 0 bridgehead atoms. The Morgan fingerprint density at radius 1 is 1.35 bits per heavy atom. The highest BCUT2D eigenvalue weighted by Gasteiger charge is 2.12. The van der Waals surface area contributed by atoms with Crippen LogP contribution in [0.1, 0.15) is 26.0 Å². The molecule has 2 N–H and O–H groups in total. The second-order valence-electron chi connectivity index (χ2n) is 4.76. The number of rotatable bonds is 4. The van der Waals surface area contributed by atoms with Gasteiger partial charge in [-0.2, -0.15) is 0 Å². The lowest BCUT2D eigenvalue weighted by molar-refractivity contribution is 0.475. The molecule has 0 amide bonds. The van der Waals surface area contributed by atoms with E-state index in [1.807, 2.05) is 0 Å². The van der Waals surface area contributed by atoms with Crippen LogP contribution in [0.25, 0.3) is 9.88 Å². The monoisotopic (exact) mass is 330 g/mol. The van der Waals surface area contributed by atoms with E-state index in [9.17, 15) is 0 Å². The van der Waals surface area contributed by atoms with Crippen molar-refractivity contribution in [2.45, 2.75) is 32.2 Å². The highest BCUT2D eigenvalue weighted by atomic mass is 79.9. The van der Waals surface area contributed by atoms with Gasteiger partial charge in [0, 0.05) is 20.8 Å². The summed E-state index contributed by atoms with van der Waals surface area (Å²) in [6, 6.07) is 2.11. The van der Waals surface area contributed by atoms with Gasteiger partial charge in [-0.15, -0.1) is 22.7 Å². The smallest absolute Gasteiger partial charge is 0.133 e. The Bertz CT molecular complexity index is 497. The number of hydrogen-bond acceptors (Lipinski definition) is 4. The van der Waals surface area contributed by atoms with Gasteiger partial charge in [0.25, 0.3) is 0 Å². The highest BCUT2D eigenvalue weighted by Crippen LogP contribution is 2.32. The predicted octanol–water partition coefficient (Wildman–Crippen LogP) is 4.30. The topological polar surface area (TPSA) is 38.9 Å². The van der Waals surface area contributed by atoms with Gasteiger partial charge in [-0.05, 0) is 48.7 Å². The van der Waals surface area contributed by atoms with E-state index in [1.165, 1.54) is 4.88 Å². The number of nitrogens with two attached hydrogens (primary N) is 1. The van der Waals surface area contributed by atoms with Crippen molar-refractivity contribution >= 4 is 38.6 Å². The first-order chi connectivity index (χ1) is 7.94. The quantitative estimate of drug-likeness (QED) is 0.907. The third kappa shape index (κ3) is 3.88. The number of aromatic nitrogens is 1. The average Bonchev–Trinajstić information content (AvgIpc) is 2.81. The van der Waals surface area contributed by atoms with Gasteiger partial charge in [0.15, 0.2) is 0 Å². The second-order valence-corrected chi connectivity index (χ2v) is 7.45. The molecule has 5 heteroatoms. The van der Waals surface area contributed by atoms with Crippen molar-refractivity contribution in [2.75, 3.05) is 0 Å². The van der Waals surface area contributed by atoms with Crippen LogP contribution in [0.3, 0.4) is 0 Å². The van der Waals surface area contributed by atoms with Crippen molar-refractivity contribution in [1.82, 2.24) is 4.98 Å². The zero-order valence-corrected chi connectivity index (χ0v) is 13.1. The number of aryl methyl sites for hydroxylation is 1. The zero-order valence-electron chi connectivity index (χ0n) is 9.87. The van der Waals surface area contributed by atoms with Crippen molar-refractivity contribution in [3.8, 4) is 9.88 Å². The summed E-state index contributed by atoms with van der Waals surface area (Å²) < 4.78 is 1.12. The minimum atomic E-state index is -0.115. The van der Waals surface area contributed by atoms with E-state index in [-0.39, 0.29) is 5.54 Å². The summed E-state index contributed by atoms with van der Waals surface area (Å²) in [6.07, 6.45) is 1.91. The van der Waals surface area contributed by atoms with Crippen LogP contribution < -0.4 is 5.73 Å². The van der Waals surface area contributed by atoms with Gasteiger partial charge in [-0.25, -0.2) is 4.98 Å². The van der Waals surface area contributed by atoms with Crippen LogP contribution in [0, 0.1) is 0 Å². The number of thiophene rings is 1. The minimum absolute atomic E-state index is 0.115. The van der Waals surface area contributed by atoms with Crippen molar-refractivity contribution in [3.05, 3.63) is 27.0 Å². The molecule has 0 aliphatic rings. The Kier molecular flexibility index (Phi) is 4.02. The molecule has 2 rings (SSSR count). The van der Waals surface area contributed by atoms with E-state index in [0.29, 0.717) is 0 Å². The summed E-state index contributed by atoms with van der Waals surface area (Å²) in [6.45, 7) is 4.10. The van der Waals surface area contributed by atoms with Crippen molar-refractivity contribution in [1.29, 1.82) is 0 Å². The average molecular weight is 331 g/mol. The summed E-state index contributed by atoms with van der Waals surface area (Å²) in [5.41, 5.74) is 7.01.